The molecule has 3 atom stereocenters. The largest absolute Gasteiger partial charge is 0.444 e. The average molecular weight is 709 g/mol. The number of piperazine rings is 2. The van der Waals surface area contributed by atoms with Gasteiger partial charge >= 0.3 is 12.2 Å². The lowest BCUT2D eigenvalue weighted by Gasteiger charge is -2.58. The molecular weight excluding hydrogens is 656 g/mol. The average Bonchev–Trinajstić information content (AvgIpc) is 3.00. The van der Waals surface area contributed by atoms with Crippen LogP contribution in [-0.2, 0) is 33.4 Å². The number of ether oxygens (including phenoxy) is 2. The Morgan fingerprint density at radius 1 is 0.800 bits per heavy atom. The summed E-state index contributed by atoms with van der Waals surface area (Å²) in [6.07, 6.45) is -2.62. The van der Waals surface area contributed by atoms with Crippen LogP contribution in [0.1, 0.15) is 61.3 Å². The Hall–Kier alpha value is -4.19. The molecule has 18 heteroatoms. The smallest absolute Gasteiger partial charge is 0.410 e. The molecule has 5 N–H and O–H groups in total. The molecule has 4 rings (SSSR count). The van der Waals surface area contributed by atoms with Crippen LogP contribution >= 0.6 is 0 Å². The van der Waals surface area contributed by atoms with E-state index in [0.29, 0.717) is 0 Å². The number of nitrogens with two attached hydrogens (primary N) is 2. The Balaban J connectivity index is 1.41. The Morgan fingerprint density at radius 2 is 1.30 bits per heavy atom. The predicted molar refractivity (Wildman–Crippen MR) is 175 cm³/mol. The Bertz CT molecular complexity index is 1410. The second-order valence-electron chi connectivity index (χ2n) is 15.6. The number of carbonyl (C=O) groups excluding carboxylic acids is 7. The van der Waals surface area contributed by atoms with Gasteiger partial charge < -0.3 is 55.4 Å². The molecule has 4 aliphatic heterocycles. The maximum Gasteiger partial charge on any atom is 0.410 e. The molecule has 0 aliphatic carbocycles. The van der Waals surface area contributed by atoms with Crippen LogP contribution in [0.4, 0.5) is 9.59 Å². The summed E-state index contributed by atoms with van der Waals surface area (Å²) in [5.41, 5.74) is 6.15. The van der Waals surface area contributed by atoms with E-state index < -0.39 is 64.3 Å². The van der Waals surface area contributed by atoms with Crippen LogP contribution in [0.5, 0.6) is 0 Å². The van der Waals surface area contributed by atoms with Crippen LogP contribution in [0.2, 0.25) is 0 Å². The SMILES string of the molecule is CC(C)C(=O)N1CCN(C(=O)OC(C)(C)CCC(=O)N2CCN(C(=O)OC(C)(C)C)CC23CN(CC(N)=O)C3=O)CC12CN(CC(N)O)C2=O. The molecule has 280 valence electrons. The molecule has 2 spiro atoms. The number of β-lactam (4-membered cyclic amide) rings is 2. The van der Waals surface area contributed by atoms with E-state index in [1.54, 1.807) is 48.5 Å². The number of amides is 7. The minimum absolute atomic E-state index is 0.00557. The molecule has 4 heterocycles. The first-order valence-corrected chi connectivity index (χ1v) is 16.9. The summed E-state index contributed by atoms with van der Waals surface area (Å²) in [5, 5.41) is 9.60. The van der Waals surface area contributed by atoms with E-state index in [4.69, 9.17) is 20.9 Å². The van der Waals surface area contributed by atoms with E-state index in [0.717, 1.165) is 0 Å². The predicted octanol–water partition coefficient (Wildman–Crippen LogP) is -1.51. The van der Waals surface area contributed by atoms with Crippen LogP contribution < -0.4 is 11.5 Å². The number of rotatable bonds is 9. The van der Waals surface area contributed by atoms with Crippen molar-refractivity contribution in [2.75, 3.05) is 65.4 Å². The van der Waals surface area contributed by atoms with Gasteiger partial charge in [0.05, 0.1) is 39.3 Å². The molecule has 4 aliphatic rings. The molecule has 50 heavy (non-hydrogen) atoms. The maximum atomic E-state index is 13.7. The van der Waals surface area contributed by atoms with Crippen molar-refractivity contribution in [3.8, 4) is 0 Å². The molecule has 0 saturated carbocycles. The van der Waals surface area contributed by atoms with Crippen LogP contribution in [-0.4, -0.2) is 170 Å². The van der Waals surface area contributed by atoms with Crippen molar-refractivity contribution in [3.05, 3.63) is 0 Å². The number of nitrogens with zero attached hydrogens (tertiary/aromatic N) is 6. The zero-order chi connectivity index (χ0) is 37.6. The molecule has 18 nitrogen and oxygen atoms in total. The van der Waals surface area contributed by atoms with Crippen LogP contribution in [0, 0.1) is 5.92 Å². The number of primary amides is 1. The first kappa shape index (κ1) is 38.6. The number of likely N-dealkylation sites (tertiary alicyclic amines) is 2. The van der Waals surface area contributed by atoms with Gasteiger partial charge in [-0.3, -0.25) is 24.0 Å². The summed E-state index contributed by atoms with van der Waals surface area (Å²) in [5.74, 6) is -2.64. The first-order valence-electron chi connectivity index (χ1n) is 16.9. The van der Waals surface area contributed by atoms with Gasteiger partial charge in [0, 0.05) is 38.5 Å². The number of hydrogen-bond acceptors (Lipinski definition) is 11. The second-order valence-corrected chi connectivity index (χ2v) is 15.6. The topological polar surface area (TPSA) is 230 Å². The lowest BCUT2D eigenvalue weighted by molar-refractivity contribution is -0.181. The summed E-state index contributed by atoms with van der Waals surface area (Å²) in [6.45, 7) is 11.7. The van der Waals surface area contributed by atoms with Crippen LogP contribution in [0.15, 0.2) is 0 Å². The van der Waals surface area contributed by atoms with Crippen molar-refractivity contribution < 1.29 is 48.1 Å². The minimum atomic E-state index is -1.40. The normalized spacial score (nSPS) is 24.8. The summed E-state index contributed by atoms with van der Waals surface area (Å²) in [4.78, 5) is 99.7. The van der Waals surface area contributed by atoms with E-state index in [1.165, 1.54) is 29.4 Å². The van der Waals surface area contributed by atoms with Crippen LogP contribution in [0.3, 0.4) is 0 Å². The zero-order valence-electron chi connectivity index (χ0n) is 30.1. The lowest BCUT2D eigenvalue weighted by Crippen LogP contribution is -2.82. The van der Waals surface area contributed by atoms with Gasteiger partial charge in [0.25, 0.3) is 11.8 Å². The van der Waals surface area contributed by atoms with E-state index in [2.05, 4.69) is 0 Å². The van der Waals surface area contributed by atoms with Crippen molar-refractivity contribution in [2.45, 2.75) is 89.8 Å². The molecular formula is C32H52N8O10. The van der Waals surface area contributed by atoms with E-state index in [-0.39, 0.29) is 90.1 Å². The molecule has 0 radical (unpaired) electrons. The highest BCUT2D eigenvalue weighted by Crippen LogP contribution is 2.37. The molecule has 0 aromatic heterocycles. The van der Waals surface area contributed by atoms with Crippen molar-refractivity contribution in [3.63, 3.8) is 0 Å². The summed E-state index contributed by atoms with van der Waals surface area (Å²) < 4.78 is 11.3. The van der Waals surface area contributed by atoms with Gasteiger partial charge in [0.2, 0.25) is 17.7 Å². The quantitative estimate of drug-likeness (QED) is 0.184. The first-order chi connectivity index (χ1) is 23.0. The fraction of sp³-hybridized carbons (Fsp3) is 0.781. The number of aliphatic hydroxyl groups excluding tert-OH is 1. The van der Waals surface area contributed by atoms with Crippen LogP contribution in [0.25, 0.3) is 0 Å². The highest BCUT2D eigenvalue weighted by atomic mass is 16.6. The highest BCUT2D eigenvalue weighted by Gasteiger charge is 2.62. The fourth-order valence-electron chi connectivity index (χ4n) is 7.00. The Morgan fingerprint density at radius 3 is 1.78 bits per heavy atom. The Labute approximate surface area is 291 Å². The fourth-order valence-corrected chi connectivity index (χ4v) is 7.00. The zero-order valence-corrected chi connectivity index (χ0v) is 30.1. The van der Waals surface area contributed by atoms with Crippen molar-refractivity contribution >= 4 is 41.7 Å². The van der Waals surface area contributed by atoms with E-state index >= 15 is 0 Å². The highest BCUT2D eigenvalue weighted by molar-refractivity contribution is 6.00. The molecule has 4 fully saturated rings. The molecule has 7 amide bonds. The third-order valence-electron chi connectivity index (χ3n) is 9.43. The summed E-state index contributed by atoms with van der Waals surface area (Å²) in [6, 6.07) is 0. The summed E-state index contributed by atoms with van der Waals surface area (Å²) >= 11 is 0. The van der Waals surface area contributed by atoms with Crippen molar-refractivity contribution in [1.82, 2.24) is 29.4 Å². The number of aliphatic hydroxyl groups is 1. The molecule has 3 unspecified atom stereocenters. The molecule has 0 aromatic rings. The lowest BCUT2D eigenvalue weighted by atomic mass is 9.83. The maximum absolute atomic E-state index is 13.7. The van der Waals surface area contributed by atoms with Crippen molar-refractivity contribution in [1.29, 1.82) is 0 Å². The van der Waals surface area contributed by atoms with Gasteiger partial charge in [-0.2, -0.15) is 0 Å². The molecule has 4 saturated heterocycles. The number of hydrogen-bond donors (Lipinski definition) is 3. The van der Waals surface area contributed by atoms with E-state index in [1.807, 2.05) is 0 Å². The van der Waals surface area contributed by atoms with Gasteiger partial charge in [-0.05, 0) is 41.0 Å². The monoisotopic (exact) mass is 708 g/mol. The van der Waals surface area contributed by atoms with Gasteiger partial charge in [0.15, 0.2) is 11.1 Å². The third-order valence-corrected chi connectivity index (χ3v) is 9.43. The van der Waals surface area contributed by atoms with E-state index in [9.17, 15) is 38.7 Å². The van der Waals surface area contributed by atoms with Gasteiger partial charge in [-0.25, -0.2) is 9.59 Å². The molecule has 0 aromatic carbocycles. The Kier molecular flexibility index (Phi) is 10.7. The standard InChI is InChI=1S/C32H52N8O10/c1-20(2)24(44)40-13-11-36(17-32(40)19-38(26(32)46)15-22(34)42)28(48)50-30(6,7)9-8-23(43)39-12-10-35(27(47)49-29(3,4)5)16-31(39)18-37(25(31)45)14-21(33)41/h20,22,42H,8-19,34H2,1-7H3,(H2,33,41). The van der Waals surface area contributed by atoms with Gasteiger partial charge in [-0.15, -0.1) is 0 Å². The second kappa shape index (κ2) is 13.8. The number of β-amino-alcohol motifs (C(OH)–C–C–N with tert-alkyl or cyclic N) is 1. The minimum Gasteiger partial charge on any atom is -0.444 e. The summed E-state index contributed by atoms with van der Waals surface area (Å²) in [7, 11) is 0. The van der Waals surface area contributed by atoms with Gasteiger partial charge in [0.1, 0.15) is 17.4 Å². The van der Waals surface area contributed by atoms with Gasteiger partial charge in [-0.1, -0.05) is 13.8 Å². The van der Waals surface area contributed by atoms with Crippen molar-refractivity contribution in [2.24, 2.45) is 17.4 Å². The number of carbonyl (C=O) groups is 7. The third kappa shape index (κ3) is 7.75. The molecule has 0 bridgehead atoms.